The first-order chi connectivity index (χ1) is 6.28. The van der Waals surface area contributed by atoms with Gasteiger partial charge in [-0.1, -0.05) is 0 Å². The van der Waals surface area contributed by atoms with Crippen LogP contribution in [0.5, 0.6) is 0 Å². The Hall–Kier alpha value is -1.56. The lowest BCUT2D eigenvalue weighted by atomic mass is 10.5. The molecule has 0 spiro atoms. The van der Waals surface area contributed by atoms with Crippen molar-refractivity contribution in [2.45, 2.75) is 18.9 Å². The van der Waals surface area contributed by atoms with Crippen LogP contribution >= 0.6 is 0 Å². The second-order valence-corrected chi connectivity index (χ2v) is 3.06. The Balaban J connectivity index is 2.17. The van der Waals surface area contributed by atoms with Gasteiger partial charge < -0.3 is 16.5 Å². The Morgan fingerprint density at radius 2 is 2.00 bits per heavy atom. The van der Waals surface area contributed by atoms with E-state index < -0.39 is 0 Å². The first-order valence-corrected chi connectivity index (χ1v) is 4.15. The van der Waals surface area contributed by atoms with E-state index in [0.29, 0.717) is 11.9 Å². The minimum Gasteiger partial charge on any atom is -0.368 e. The molecule has 0 amide bonds. The molecule has 13 heavy (non-hydrogen) atoms. The molecule has 1 aliphatic rings. The van der Waals surface area contributed by atoms with Gasteiger partial charge in [0.25, 0.3) is 0 Å². The summed E-state index contributed by atoms with van der Waals surface area (Å²) in [7, 11) is 0. The highest BCUT2D eigenvalue weighted by molar-refractivity contribution is 5.51. The number of hydrogen-bond acceptors (Lipinski definition) is 6. The van der Waals surface area contributed by atoms with Crippen molar-refractivity contribution in [3.05, 3.63) is 6.07 Å². The summed E-state index contributed by atoms with van der Waals surface area (Å²) >= 11 is 0. The van der Waals surface area contributed by atoms with Crippen LogP contribution in [0.4, 0.5) is 17.6 Å². The van der Waals surface area contributed by atoms with Crippen LogP contribution < -0.4 is 22.3 Å². The van der Waals surface area contributed by atoms with E-state index in [-0.39, 0.29) is 5.95 Å². The van der Waals surface area contributed by atoms with Gasteiger partial charge in [0.2, 0.25) is 5.95 Å². The van der Waals surface area contributed by atoms with Gasteiger partial charge in [-0.2, -0.15) is 9.97 Å². The maximum Gasteiger partial charge on any atom is 0.223 e. The summed E-state index contributed by atoms with van der Waals surface area (Å²) in [5, 5.41) is 3.20. The Kier molecular flexibility index (Phi) is 1.90. The third-order valence-corrected chi connectivity index (χ3v) is 1.82. The average molecular weight is 180 g/mol. The van der Waals surface area contributed by atoms with E-state index in [4.69, 9.17) is 11.6 Å². The Morgan fingerprint density at radius 3 is 2.62 bits per heavy atom. The van der Waals surface area contributed by atoms with E-state index in [9.17, 15) is 0 Å². The van der Waals surface area contributed by atoms with Crippen LogP contribution in [0.25, 0.3) is 0 Å². The molecule has 0 aromatic carbocycles. The van der Waals surface area contributed by atoms with Gasteiger partial charge in [-0.05, 0) is 12.8 Å². The maximum atomic E-state index is 5.47. The van der Waals surface area contributed by atoms with E-state index in [0.717, 1.165) is 5.82 Å². The summed E-state index contributed by atoms with van der Waals surface area (Å²) in [6, 6.07) is 2.27. The van der Waals surface area contributed by atoms with Crippen LogP contribution in [0.1, 0.15) is 12.8 Å². The van der Waals surface area contributed by atoms with E-state index in [1.165, 1.54) is 12.8 Å². The molecule has 1 aliphatic carbocycles. The van der Waals surface area contributed by atoms with Gasteiger partial charge in [-0.3, -0.25) is 0 Å². The predicted octanol–water partition coefficient (Wildman–Crippen LogP) is -0.0813. The van der Waals surface area contributed by atoms with Crippen LogP contribution in [0.3, 0.4) is 0 Å². The van der Waals surface area contributed by atoms with Crippen molar-refractivity contribution in [2.24, 2.45) is 5.84 Å². The van der Waals surface area contributed by atoms with Crippen LogP contribution in [-0.2, 0) is 0 Å². The van der Waals surface area contributed by atoms with Gasteiger partial charge in [-0.25, -0.2) is 5.84 Å². The van der Waals surface area contributed by atoms with Crippen LogP contribution in [0, 0.1) is 0 Å². The van der Waals surface area contributed by atoms with Gasteiger partial charge in [0.1, 0.15) is 11.6 Å². The van der Waals surface area contributed by atoms with Crippen molar-refractivity contribution in [1.29, 1.82) is 0 Å². The number of aromatic nitrogens is 2. The van der Waals surface area contributed by atoms with Crippen LogP contribution in [0.2, 0.25) is 0 Å². The van der Waals surface area contributed by atoms with Gasteiger partial charge in [0.05, 0.1) is 0 Å². The Labute approximate surface area is 75.7 Å². The summed E-state index contributed by atoms with van der Waals surface area (Å²) in [6.07, 6.45) is 2.38. The van der Waals surface area contributed by atoms with Crippen molar-refractivity contribution < 1.29 is 0 Å². The maximum absolute atomic E-state index is 5.47. The molecular weight excluding hydrogens is 168 g/mol. The molecule has 0 radical (unpaired) electrons. The first-order valence-electron chi connectivity index (χ1n) is 4.15. The fourth-order valence-electron chi connectivity index (χ4n) is 1.05. The molecule has 6 nitrogen and oxygen atoms in total. The Morgan fingerprint density at radius 1 is 1.31 bits per heavy atom. The molecule has 0 unspecified atom stereocenters. The third-order valence-electron chi connectivity index (χ3n) is 1.82. The largest absolute Gasteiger partial charge is 0.368 e. The average Bonchev–Trinajstić information content (AvgIpc) is 2.87. The summed E-state index contributed by atoms with van der Waals surface area (Å²) in [5.41, 5.74) is 7.90. The van der Waals surface area contributed by atoms with E-state index in [1.54, 1.807) is 6.07 Å². The molecule has 6 N–H and O–H groups in total. The van der Waals surface area contributed by atoms with Gasteiger partial charge in [0, 0.05) is 12.1 Å². The summed E-state index contributed by atoms with van der Waals surface area (Å²) < 4.78 is 0. The highest BCUT2D eigenvalue weighted by Gasteiger charge is 2.21. The molecule has 1 fully saturated rings. The van der Waals surface area contributed by atoms with E-state index in [2.05, 4.69) is 20.7 Å². The highest BCUT2D eigenvalue weighted by Crippen LogP contribution is 2.24. The van der Waals surface area contributed by atoms with E-state index >= 15 is 0 Å². The van der Waals surface area contributed by atoms with Crippen molar-refractivity contribution in [1.82, 2.24) is 9.97 Å². The topological polar surface area (TPSA) is 102 Å². The zero-order valence-corrected chi connectivity index (χ0v) is 7.12. The zero-order valence-electron chi connectivity index (χ0n) is 7.12. The smallest absolute Gasteiger partial charge is 0.223 e. The van der Waals surface area contributed by atoms with Crippen LogP contribution in [0.15, 0.2) is 6.07 Å². The minimum absolute atomic E-state index is 0.221. The lowest BCUT2D eigenvalue weighted by Gasteiger charge is -2.06. The predicted molar refractivity (Wildman–Crippen MR) is 50.9 cm³/mol. The molecule has 0 bridgehead atoms. The third kappa shape index (κ3) is 1.97. The molecule has 1 heterocycles. The fourth-order valence-corrected chi connectivity index (χ4v) is 1.05. The number of nitrogen functional groups attached to an aromatic ring is 2. The van der Waals surface area contributed by atoms with Crippen molar-refractivity contribution in [2.75, 3.05) is 16.5 Å². The molecule has 2 rings (SSSR count). The first kappa shape index (κ1) is 8.06. The number of anilines is 3. The molecule has 1 aromatic rings. The number of nitrogens with one attached hydrogen (secondary N) is 2. The number of hydrogen-bond donors (Lipinski definition) is 4. The molecular formula is C7H12N6. The summed E-state index contributed by atoms with van der Waals surface area (Å²) in [6.45, 7) is 0. The number of rotatable bonds is 3. The van der Waals surface area contributed by atoms with Gasteiger partial charge in [-0.15, -0.1) is 0 Å². The lowest BCUT2D eigenvalue weighted by molar-refractivity contribution is 1.08. The SMILES string of the molecule is NNc1cc(NC2CC2)nc(N)n1. The molecule has 0 aliphatic heterocycles. The zero-order chi connectivity index (χ0) is 9.26. The Bertz CT molecular complexity index is 308. The molecule has 6 heteroatoms. The van der Waals surface area contributed by atoms with Crippen molar-refractivity contribution in [3.8, 4) is 0 Å². The number of nitrogens with zero attached hydrogens (tertiary/aromatic N) is 2. The second-order valence-electron chi connectivity index (χ2n) is 3.06. The quantitative estimate of drug-likeness (QED) is 0.383. The molecule has 70 valence electrons. The molecule has 0 saturated heterocycles. The monoisotopic (exact) mass is 180 g/mol. The van der Waals surface area contributed by atoms with E-state index in [1.807, 2.05) is 0 Å². The van der Waals surface area contributed by atoms with Gasteiger partial charge in [0.15, 0.2) is 0 Å². The van der Waals surface area contributed by atoms with Gasteiger partial charge >= 0.3 is 0 Å². The standard InChI is InChI=1S/C7H12N6/c8-7-11-5(10-4-1-2-4)3-6(12-7)13-9/h3-4H,1-2,9H2,(H4,8,10,11,12,13). The molecule has 0 atom stereocenters. The number of nitrogens with two attached hydrogens (primary N) is 2. The fraction of sp³-hybridized carbons (Fsp3) is 0.429. The lowest BCUT2D eigenvalue weighted by Crippen LogP contribution is -2.12. The highest BCUT2D eigenvalue weighted by atomic mass is 15.3. The minimum atomic E-state index is 0.221. The summed E-state index contributed by atoms with van der Waals surface area (Å²) in [4.78, 5) is 7.89. The van der Waals surface area contributed by atoms with Crippen molar-refractivity contribution >= 4 is 17.6 Å². The van der Waals surface area contributed by atoms with Crippen molar-refractivity contribution in [3.63, 3.8) is 0 Å². The normalized spacial score (nSPS) is 15.5. The number of hydrazine groups is 1. The van der Waals surface area contributed by atoms with Crippen LogP contribution in [-0.4, -0.2) is 16.0 Å². The summed E-state index contributed by atoms with van der Waals surface area (Å²) in [5.74, 6) is 6.68. The second kappa shape index (κ2) is 3.06. The molecule has 1 aromatic heterocycles. The molecule has 1 saturated carbocycles.